The van der Waals surface area contributed by atoms with E-state index in [1.54, 1.807) is 29.5 Å². The van der Waals surface area contributed by atoms with Crippen molar-refractivity contribution < 1.29 is 23.4 Å². The van der Waals surface area contributed by atoms with Gasteiger partial charge >= 0.3 is 5.97 Å². The second-order valence-electron chi connectivity index (χ2n) is 6.00. The number of carbonyl (C=O) groups is 1. The Kier molecular flexibility index (Phi) is 8.08. The maximum Gasteiger partial charge on any atom is 0.343 e. The van der Waals surface area contributed by atoms with Gasteiger partial charge in [-0.2, -0.15) is 13.8 Å². The molecule has 1 saturated heterocycles. The van der Waals surface area contributed by atoms with Gasteiger partial charge < -0.3 is 9.84 Å². The van der Waals surface area contributed by atoms with Crippen molar-refractivity contribution in [3.63, 3.8) is 0 Å². The van der Waals surface area contributed by atoms with Crippen molar-refractivity contribution in [3.8, 4) is 0 Å². The normalized spacial score (nSPS) is 18.8. The largest absolute Gasteiger partial charge is 0.506 e. The van der Waals surface area contributed by atoms with E-state index in [2.05, 4.69) is 21.8 Å². The molecule has 148 valence electrons. The fourth-order valence-corrected chi connectivity index (χ4v) is 3.39. The number of carbonyl (C=O) groups excluding carboxylic acids is 1. The molecule has 1 N–H and O–H groups in total. The molecule has 0 aromatic carbocycles. The zero-order valence-corrected chi connectivity index (χ0v) is 17.4. The zero-order chi connectivity index (χ0) is 20.0. The number of nitrogens with zero attached hydrogens (tertiary/aromatic N) is 3. The highest BCUT2D eigenvalue weighted by molar-refractivity contribution is 14.1. The number of ether oxygens (including phenoxy) is 1. The number of likely N-dealkylation sites (N-methyl/N-ethyl adjacent to an activating group) is 1. The number of hydrogen-bond acceptors (Lipinski definition) is 6. The molecule has 0 amide bonds. The van der Waals surface area contributed by atoms with Crippen molar-refractivity contribution in [2.75, 3.05) is 26.2 Å². The molecule has 1 aromatic rings. The van der Waals surface area contributed by atoms with Gasteiger partial charge in [0, 0.05) is 12.3 Å². The molecule has 6 nitrogen and oxygen atoms in total. The van der Waals surface area contributed by atoms with Crippen LogP contribution in [0.4, 0.5) is 8.78 Å². The van der Waals surface area contributed by atoms with Gasteiger partial charge in [-0.05, 0) is 61.5 Å². The number of aromatic nitrogens is 1. The Bertz CT molecular complexity index is 756. The van der Waals surface area contributed by atoms with Crippen LogP contribution in [0.5, 0.6) is 0 Å². The number of aliphatic hydroxyl groups excluding tert-OH is 1. The Morgan fingerprint density at radius 2 is 2.22 bits per heavy atom. The van der Waals surface area contributed by atoms with Gasteiger partial charge in [0.1, 0.15) is 11.3 Å². The van der Waals surface area contributed by atoms with E-state index >= 15 is 0 Å². The van der Waals surface area contributed by atoms with Gasteiger partial charge in [0.15, 0.2) is 0 Å². The van der Waals surface area contributed by atoms with Crippen LogP contribution in [-0.4, -0.2) is 59.5 Å². The smallest absolute Gasteiger partial charge is 0.343 e. The van der Waals surface area contributed by atoms with E-state index in [4.69, 9.17) is 4.74 Å². The van der Waals surface area contributed by atoms with E-state index in [9.17, 15) is 18.7 Å². The van der Waals surface area contributed by atoms with Crippen LogP contribution in [0.1, 0.15) is 32.3 Å². The Labute approximate surface area is 170 Å². The first kappa shape index (κ1) is 21.7. The summed E-state index contributed by atoms with van der Waals surface area (Å²) in [7, 11) is 0. The monoisotopic (exact) mass is 493 g/mol. The van der Waals surface area contributed by atoms with E-state index in [1.807, 2.05) is 0 Å². The summed E-state index contributed by atoms with van der Waals surface area (Å²) in [5, 5.41) is 10.4. The summed E-state index contributed by atoms with van der Waals surface area (Å²) in [6.07, 6.45) is 3.28. The molecule has 1 fully saturated rings. The van der Waals surface area contributed by atoms with Gasteiger partial charge in [0.05, 0.1) is 22.3 Å². The first-order chi connectivity index (χ1) is 12.9. The van der Waals surface area contributed by atoms with Crippen molar-refractivity contribution in [1.82, 2.24) is 9.88 Å². The summed E-state index contributed by atoms with van der Waals surface area (Å²) in [5.74, 6) is -3.72. The number of esters is 1. The van der Waals surface area contributed by atoms with E-state index < -0.39 is 23.6 Å². The number of aliphatic hydroxyl groups is 1. The van der Waals surface area contributed by atoms with Crippen molar-refractivity contribution in [2.24, 2.45) is 4.99 Å². The predicted octanol–water partition coefficient (Wildman–Crippen LogP) is 3.35. The average Bonchev–Trinajstić information content (AvgIpc) is 3.09. The van der Waals surface area contributed by atoms with Gasteiger partial charge in [-0.1, -0.05) is 6.92 Å². The van der Waals surface area contributed by atoms with E-state index in [-0.39, 0.29) is 27.4 Å². The quantitative estimate of drug-likeness (QED) is 0.158. The fourth-order valence-electron chi connectivity index (χ4n) is 2.96. The van der Waals surface area contributed by atoms with Crippen LogP contribution in [0.3, 0.4) is 0 Å². The molecule has 1 aromatic heterocycles. The molecular formula is C18H22F2IN3O3. The third kappa shape index (κ3) is 5.44. The van der Waals surface area contributed by atoms with Crippen LogP contribution >= 0.6 is 22.6 Å². The van der Waals surface area contributed by atoms with Gasteiger partial charge in [0.2, 0.25) is 11.9 Å². The summed E-state index contributed by atoms with van der Waals surface area (Å²) in [6.45, 7) is 6.14. The lowest BCUT2D eigenvalue weighted by molar-refractivity contribution is -0.137. The number of likely N-dealkylation sites (tertiary alicyclic amines) is 1. The predicted molar refractivity (Wildman–Crippen MR) is 107 cm³/mol. The van der Waals surface area contributed by atoms with Crippen molar-refractivity contribution in [1.29, 1.82) is 0 Å². The van der Waals surface area contributed by atoms with Crippen LogP contribution < -0.4 is 0 Å². The lowest BCUT2D eigenvalue weighted by Crippen LogP contribution is -2.31. The number of rotatable bonds is 7. The third-order valence-electron chi connectivity index (χ3n) is 4.33. The minimum absolute atomic E-state index is 0.0141. The second kappa shape index (κ2) is 10.1. The van der Waals surface area contributed by atoms with Crippen LogP contribution in [0.2, 0.25) is 0 Å². The molecule has 0 unspecified atom stereocenters. The van der Waals surface area contributed by atoms with Crippen LogP contribution in [0.15, 0.2) is 16.6 Å². The molecule has 0 saturated carbocycles. The summed E-state index contributed by atoms with van der Waals surface area (Å²) in [4.78, 5) is 21.9. The molecule has 0 radical (unpaired) electrons. The topological polar surface area (TPSA) is 75.0 Å². The second-order valence-corrected chi connectivity index (χ2v) is 7.16. The Morgan fingerprint density at radius 1 is 1.48 bits per heavy atom. The van der Waals surface area contributed by atoms with Crippen molar-refractivity contribution in [2.45, 2.75) is 32.7 Å². The molecule has 0 spiro atoms. The van der Waals surface area contributed by atoms with Crippen LogP contribution in [0.25, 0.3) is 5.76 Å². The van der Waals surface area contributed by atoms with Gasteiger partial charge in [-0.3, -0.25) is 9.89 Å². The van der Waals surface area contributed by atoms with Crippen LogP contribution in [-0.2, 0) is 9.53 Å². The minimum Gasteiger partial charge on any atom is -0.506 e. The van der Waals surface area contributed by atoms with Gasteiger partial charge in [0.25, 0.3) is 0 Å². The summed E-state index contributed by atoms with van der Waals surface area (Å²) >= 11 is 1.62. The van der Waals surface area contributed by atoms with Crippen molar-refractivity contribution >= 4 is 40.5 Å². The van der Waals surface area contributed by atoms with E-state index in [0.717, 1.165) is 32.0 Å². The highest BCUT2D eigenvalue weighted by Crippen LogP contribution is 2.22. The third-order valence-corrected chi connectivity index (χ3v) is 5.09. The Morgan fingerprint density at radius 3 is 2.89 bits per heavy atom. The molecule has 27 heavy (non-hydrogen) atoms. The molecule has 1 atom stereocenters. The maximum atomic E-state index is 14.0. The van der Waals surface area contributed by atoms with Gasteiger partial charge in [-0.25, -0.2) is 4.79 Å². The highest BCUT2D eigenvalue weighted by Gasteiger charge is 2.24. The van der Waals surface area contributed by atoms with Crippen LogP contribution in [0, 0.1) is 15.5 Å². The minimum atomic E-state index is -1.21. The summed E-state index contributed by atoms with van der Waals surface area (Å²) < 4.78 is 32.3. The molecular weight excluding hydrogens is 471 g/mol. The molecule has 2 rings (SSSR count). The number of pyridine rings is 1. The Hall–Kier alpha value is -1.62. The molecule has 9 heteroatoms. The fraction of sp³-hybridized carbons (Fsp3) is 0.500. The van der Waals surface area contributed by atoms with Gasteiger partial charge in [-0.15, -0.1) is 0 Å². The standard InChI is InChI=1S/C18H22F2IN3O3/c1-3-24-7-5-6-11(24)9-22-10-13(18(26)27-4-2)15(25)12-8-14(21)17(20)23-16(12)19/h8,10-11,25H,3-7,9H2,1-2H3/t11-/m0/s1. The van der Waals surface area contributed by atoms with Crippen molar-refractivity contribution in [3.05, 3.63) is 32.7 Å². The first-order valence-corrected chi connectivity index (χ1v) is 9.83. The lowest BCUT2D eigenvalue weighted by Gasteiger charge is -2.20. The zero-order valence-electron chi connectivity index (χ0n) is 15.2. The van der Waals surface area contributed by atoms with E-state index in [1.165, 1.54) is 6.21 Å². The molecule has 1 aliphatic rings. The number of aliphatic imine (C=N–C) groups is 1. The molecule has 2 heterocycles. The van der Waals surface area contributed by atoms with E-state index in [0.29, 0.717) is 6.54 Å². The number of hydrogen-bond donors (Lipinski definition) is 1. The highest BCUT2D eigenvalue weighted by atomic mass is 127. The number of halogens is 3. The molecule has 0 bridgehead atoms. The summed E-state index contributed by atoms with van der Waals surface area (Å²) in [5.41, 5.74) is -0.674. The summed E-state index contributed by atoms with van der Waals surface area (Å²) in [6, 6.07) is 1.35. The molecule has 1 aliphatic heterocycles. The first-order valence-electron chi connectivity index (χ1n) is 8.75. The Balaban J connectivity index is 2.33. The SMILES string of the molecule is CCOC(=O)C(C=NC[C@@H]1CCCN1CC)=C(O)c1cc(I)c(F)nc1F. The molecule has 0 aliphatic carbocycles. The maximum absolute atomic E-state index is 14.0. The average molecular weight is 493 g/mol. The lowest BCUT2D eigenvalue weighted by atomic mass is 10.1.